The summed E-state index contributed by atoms with van der Waals surface area (Å²) in [7, 11) is -3.63. The minimum Gasteiger partial charge on any atom is -0.342 e. The first-order chi connectivity index (χ1) is 11.0. The Balaban J connectivity index is 1.96. The van der Waals surface area contributed by atoms with E-state index >= 15 is 0 Å². The normalized spacial score (nSPS) is 17.2. The number of carbonyl (C=O) groups is 1. The van der Waals surface area contributed by atoms with E-state index in [0.717, 1.165) is 5.39 Å². The van der Waals surface area contributed by atoms with Crippen LogP contribution in [0.4, 0.5) is 0 Å². The maximum Gasteiger partial charge on any atom is 0.245 e. The van der Waals surface area contributed by atoms with Gasteiger partial charge in [-0.1, -0.05) is 18.2 Å². The van der Waals surface area contributed by atoms with Crippen LogP contribution in [0.3, 0.4) is 0 Å². The van der Waals surface area contributed by atoms with Gasteiger partial charge in [0.2, 0.25) is 15.9 Å². The number of hydrogen-bond acceptors (Lipinski definition) is 4. The van der Waals surface area contributed by atoms with E-state index in [0.29, 0.717) is 38.1 Å². The number of sulfonamides is 1. The van der Waals surface area contributed by atoms with Gasteiger partial charge in [0.05, 0.1) is 5.52 Å². The van der Waals surface area contributed by atoms with Crippen molar-refractivity contribution in [3.05, 3.63) is 36.5 Å². The van der Waals surface area contributed by atoms with Crippen LogP contribution < -0.4 is 0 Å². The van der Waals surface area contributed by atoms with E-state index in [9.17, 15) is 13.2 Å². The van der Waals surface area contributed by atoms with E-state index in [2.05, 4.69) is 4.98 Å². The second-order valence-electron chi connectivity index (χ2n) is 5.59. The van der Waals surface area contributed by atoms with Crippen LogP contribution in [-0.4, -0.2) is 54.7 Å². The summed E-state index contributed by atoms with van der Waals surface area (Å²) in [4.78, 5) is 17.7. The van der Waals surface area contributed by atoms with Crippen LogP contribution in [0, 0.1) is 0 Å². The molecule has 1 aromatic heterocycles. The van der Waals surface area contributed by atoms with Gasteiger partial charge in [0.15, 0.2) is 0 Å². The average Bonchev–Trinajstić information content (AvgIpc) is 2.81. The quantitative estimate of drug-likeness (QED) is 0.834. The molecule has 0 N–H and O–H groups in total. The molecule has 0 bridgehead atoms. The predicted octanol–water partition coefficient (Wildman–Crippen LogP) is 1.48. The van der Waals surface area contributed by atoms with Crippen molar-refractivity contribution < 1.29 is 13.2 Å². The molecule has 1 aliphatic rings. The molecule has 0 saturated carbocycles. The van der Waals surface area contributed by atoms with Crippen molar-refractivity contribution in [3.63, 3.8) is 0 Å². The van der Waals surface area contributed by atoms with Crippen LogP contribution in [0.15, 0.2) is 41.4 Å². The summed E-state index contributed by atoms with van der Waals surface area (Å²) in [5.41, 5.74) is 0.489. The van der Waals surface area contributed by atoms with Gasteiger partial charge in [0.25, 0.3) is 0 Å². The Kier molecular flexibility index (Phi) is 4.32. The highest BCUT2D eigenvalue weighted by atomic mass is 32.2. The molecule has 7 heteroatoms. The number of amides is 1. The second kappa shape index (κ2) is 6.25. The first-order valence-electron chi connectivity index (χ1n) is 7.59. The van der Waals surface area contributed by atoms with Crippen molar-refractivity contribution in [2.24, 2.45) is 0 Å². The Labute approximate surface area is 135 Å². The van der Waals surface area contributed by atoms with E-state index in [4.69, 9.17) is 0 Å². The zero-order valence-electron chi connectivity index (χ0n) is 13.0. The number of aromatic nitrogens is 1. The highest BCUT2D eigenvalue weighted by molar-refractivity contribution is 7.89. The molecule has 1 aromatic carbocycles. The van der Waals surface area contributed by atoms with Crippen LogP contribution >= 0.6 is 0 Å². The maximum absolute atomic E-state index is 13.0. The number of hydrogen-bond donors (Lipinski definition) is 0. The first-order valence-corrected chi connectivity index (χ1v) is 9.03. The number of benzene rings is 1. The lowest BCUT2D eigenvalue weighted by Gasteiger charge is -2.21. The lowest BCUT2D eigenvalue weighted by atomic mass is 10.2. The Morgan fingerprint density at radius 3 is 2.65 bits per heavy atom. The highest BCUT2D eigenvalue weighted by Gasteiger charge is 2.29. The third kappa shape index (κ3) is 3.07. The Hall–Kier alpha value is -1.99. The standard InChI is InChI=1S/C16H19N3O3S/c1-13(20)18-9-4-10-19(12-11-18)23(21,22)15-7-2-5-14-6-3-8-17-16(14)15/h2-3,5-8H,4,9-12H2,1H3. The Morgan fingerprint density at radius 1 is 1.09 bits per heavy atom. The maximum atomic E-state index is 13.0. The number of carbonyl (C=O) groups excluding carboxylic acids is 1. The molecule has 2 heterocycles. The molecular weight excluding hydrogens is 314 g/mol. The molecule has 0 unspecified atom stereocenters. The third-order valence-electron chi connectivity index (χ3n) is 4.11. The third-order valence-corrected chi connectivity index (χ3v) is 6.04. The van der Waals surface area contributed by atoms with Gasteiger partial charge in [0.1, 0.15) is 4.90 Å². The second-order valence-corrected chi connectivity index (χ2v) is 7.50. The molecule has 0 aliphatic carbocycles. The highest BCUT2D eigenvalue weighted by Crippen LogP contribution is 2.24. The molecule has 0 atom stereocenters. The first kappa shape index (κ1) is 15.9. The lowest BCUT2D eigenvalue weighted by molar-refractivity contribution is -0.128. The zero-order valence-corrected chi connectivity index (χ0v) is 13.8. The van der Waals surface area contributed by atoms with Crippen LogP contribution in [-0.2, 0) is 14.8 Å². The average molecular weight is 333 g/mol. The van der Waals surface area contributed by atoms with Gasteiger partial charge in [-0.25, -0.2) is 8.42 Å². The Morgan fingerprint density at radius 2 is 1.87 bits per heavy atom. The minimum absolute atomic E-state index is 0.0175. The van der Waals surface area contributed by atoms with Crippen molar-refractivity contribution in [2.75, 3.05) is 26.2 Å². The molecule has 0 radical (unpaired) electrons. The number of fused-ring (bicyclic) bond motifs is 1. The smallest absolute Gasteiger partial charge is 0.245 e. The summed E-state index contributed by atoms with van der Waals surface area (Å²) in [6.45, 7) is 3.25. The largest absolute Gasteiger partial charge is 0.342 e. The number of nitrogens with zero attached hydrogens (tertiary/aromatic N) is 3. The lowest BCUT2D eigenvalue weighted by Crippen LogP contribution is -2.36. The van der Waals surface area contributed by atoms with Gasteiger partial charge < -0.3 is 4.90 Å². The number of para-hydroxylation sites is 1. The van der Waals surface area contributed by atoms with E-state index in [1.54, 1.807) is 29.3 Å². The van der Waals surface area contributed by atoms with Gasteiger partial charge in [-0.15, -0.1) is 0 Å². The van der Waals surface area contributed by atoms with Gasteiger partial charge in [-0.05, 0) is 18.6 Å². The molecule has 2 aromatic rings. The molecule has 1 amide bonds. The summed E-state index contributed by atoms with van der Waals surface area (Å²) in [6.07, 6.45) is 2.23. The fraction of sp³-hybridized carbons (Fsp3) is 0.375. The number of rotatable bonds is 2. The van der Waals surface area contributed by atoms with Crippen molar-refractivity contribution >= 4 is 26.8 Å². The van der Waals surface area contributed by atoms with Gasteiger partial charge in [0, 0.05) is 44.7 Å². The molecule has 6 nitrogen and oxygen atoms in total. The van der Waals surface area contributed by atoms with Crippen LogP contribution in [0.1, 0.15) is 13.3 Å². The summed E-state index contributed by atoms with van der Waals surface area (Å²) in [6, 6.07) is 8.81. The van der Waals surface area contributed by atoms with Crippen molar-refractivity contribution in [1.82, 2.24) is 14.2 Å². The van der Waals surface area contributed by atoms with Gasteiger partial charge >= 0.3 is 0 Å². The SMILES string of the molecule is CC(=O)N1CCCN(S(=O)(=O)c2cccc3cccnc23)CC1. The van der Waals surface area contributed by atoms with E-state index in [1.807, 2.05) is 12.1 Å². The van der Waals surface area contributed by atoms with E-state index in [-0.39, 0.29) is 10.8 Å². The molecule has 23 heavy (non-hydrogen) atoms. The topological polar surface area (TPSA) is 70.6 Å². The molecule has 1 saturated heterocycles. The number of pyridine rings is 1. The molecule has 0 spiro atoms. The molecule has 1 aliphatic heterocycles. The van der Waals surface area contributed by atoms with Crippen molar-refractivity contribution in [2.45, 2.75) is 18.2 Å². The zero-order chi connectivity index (χ0) is 16.4. The summed E-state index contributed by atoms with van der Waals surface area (Å²) in [5, 5.41) is 0.800. The van der Waals surface area contributed by atoms with Gasteiger partial charge in [-0.3, -0.25) is 9.78 Å². The summed E-state index contributed by atoms with van der Waals surface area (Å²) in [5.74, 6) is -0.0175. The molecule has 3 rings (SSSR count). The van der Waals surface area contributed by atoms with Gasteiger partial charge in [-0.2, -0.15) is 4.31 Å². The van der Waals surface area contributed by atoms with E-state index in [1.165, 1.54) is 11.2 Å². The minimum atomic E-state index is -3.63. The molecule has 1 fully saturated rings. The fourth-order valence-corrected chi connectivity index (χ4v) is 4.51. The molecule has 122 valence electrons. The van der Waals surface area contributed by atoms with Crippen LogP contribution in [0.2, 0.25) is 0 Å². The van der Waals surface area contributed by atoms with E-state index < -0.39 is 10.0 Å². The monoisotopic (exact) mass is 333 g/mol. The van der Waals surface area contributed by atoms with Crippen molar-refractivity contribution in [1.29, 1.82) is 0 Å². The summed E-state index contributed by atoms with van der Waals surface area (Å²) < 4.78 is 27.5. The Bertz CT molecular complexity index is 830. The summed E-state index contributed by atoms with van der Waals surface area (Å²) >= 11 is 0. The molecular formula is C16H19N3O3S. The van der Waals surface area contributed by atoms with Crippen LogP contribution in [0.5, 0.6) is 0 Å². The van der Waals surface area contributed by atoms with Crippen LogP contribution in [0.25, 0.3) is 10.9 Å². The predicted molar refractivity (Wildman–Crippen MR) is 87.4 cm³/mol. The fourth-order valence-electron chi connectivity index (χ4n) is 2.87. The van der Waals surface area contributed by atoms with Crippen molar-refractivity contribution in [3.8, 4) is 0 Å².